The Morgan fingerprint density at radius 2 is 1.93 bits per heavy atom. The Morgan fingerprint density at radius 1 is 1.21 bits per heavy atom. The molecule has 2 aliphatic heterocycles. The third kappa shape index (κ3) is 4.63. The molecule has 0 spiro atoms. The average Bonchev–Trinajstić information content (AvgIpc) is 2.95. The van der Waals surface area contributed by atoms with Gasteiger partial charge in [-0.05, 0) is 44.8 Å². The molecule has 0 radical (unpaired) electrons. The lowest BCUT2D eigenvalue weighted by Gasteiger charge is -2.41. The summed E-state index contributed by atoms with van der Waals surface area (Å²) in [4.78, 5) is 12.0. The van der Waals surface area contributed by atoms with Gasteiger partial charge in [0.05, 0.1) is 12.7 Å². The van der Waals surface area contributed by atoms with Crippen LogP contribution in [0.25, 0.3) is 0 Å². The van der Waals surface area contributed by atoms with Gasteiger partial charge in [0, 0.05) is 11.5 Å². The van der Waals surface area contributed by atoms with Crippen molar-refractivity contribution in [3.8, 4) is 0 Å². The number of carbonyl (C=O) groups is 1. The molecule has 2 saturated heterocycles. The van der Waals surface area contributed by atoms with E-state index in [2.05, 4.69) is 6.58 Å². The molecule has 29 heavy (non-hydrogen) atoms. The van der Waals surface area contributed by atoms with Gasteiger partial charge in [-0.25, -0.2) is 4.79 Å². The van der Waals surface area contributed by atoms with Crippen LogP contribution in [0.1, 0.15) is 33.1 Å². The standard InChI is InChI=1S/C21H30O8/c1-10-4-6-13-12(3)20(26)27-15(13)8-11(2)14(7-5-10)28-21-19(25)18(24)17(23)16(9-22)29-21/h5,8,13-19,21-25H,3-4,6-7,9H2,1-2H3/b10-5+,11-8+/t13-,14+,15+,16+,17+,18-,19+,21+/m0/s1. The first kappa shape index (κ1) is 22.1. The van der Waals surface area contributed by atoms with E-state index in [1.165, 1.54) is 0 Å². The Bertz CT molecular complexity index is 697. The lowest BCUT2D eigenvalue weighted by atomic mass is 9.87. The molecule has 162 valence electrons. The number of carbonyl (C=O) groups excluding carboxylic acids is 1. The summed E-state index contributed by atoms with van der Waals surface area (Å²) in [6.07, 6.45) is -1.71. The predicted molar refractivity (Wildman–Crippen MR) is 103 cm³/mol. The summed E-state index contributed by atoms with van der Waals surface area (Å²) in [6.45, 7) is 7.19. The van der Waals surface area contributed by atoms with Gasteiger partial charge in [0.15, 0.2) is 6.29 Å². The monoisotopic (exact) mass is 410 g/mol. The van der Waals surface area contributed by atoms with E-state index in [0.29, 0.717) is 12.0 Å². The molecule has 0 bridgehead atoms. The van der Waals surface area contributed by atoms with Crippen LogP contribution in [0.15, 0.2) is 35.5 Å². The van der Waals surface area contributed by atoms with Crippen LogP contribution in [0.3, 0.4) is 0 Å². The van der Waals surface area contributed by atoms with Crippen molar-refractivity contribution in [2.24, 2.45) is 5.92 Å². The molecule has 1 aliphatic carbocycles. The first-order chi connectivity index (χ1) is 13.7. The van der Waals surface area contributed by atoms with E-state index in [9.17, 15) is 25.2 Å². The van der Waals surface area contributed by atoms with Crippen molar-refractivity contribution in [1.29, 1.82) is 0 Å². The number of rotatable bonds is 3. The van der Waals surface area contributed by atoms with Crippen LogP contribution in [0, 0.1) is 5.92 Å². The van der Waals surface area contributed by atoms with Crippen molar-refractivity contribution in [1.82, 2.24) is 0 Å². The second kappa shape index (κ2) is 9.07. The van der Waals surface area contributed by atoms with Crippen molar-refractivity contribution in [3.05, 3.63) is 35.5 Å². The molecule has 4 N–H and O–H groups in total. The molecule has 0 unspecified atom stereocenters. The zero-order valence-electron chi connectivity index (χ0n) is 16.7. The number of ether oxygens (including phenoxy) is 3. The van der Waals surface area contributed by atoms with Crippen LogP contribution in [0.5, 0.6) is 0 Å². The maximum Gasteiger partial charge on any atom is 0.334 e. The fourth-order valence-electron chi connectivity index (χ4n) is 3.97. The molecule has 8 nitrogen and oxygen atoms in total. The third-order valence-corrected chi connectivity index (χ3v) is 5.96. The Kier molecular flexibility index (Phi) is 6.93. The number of aliphatic hydroxyl groups excluding tert-OH is 4. The number of aliphatic hydroxyl groups is 4. The number of fused-ring (bicyclic) bond motifs is 1. The van der Waals surface area contributed by atoms with Crippen LogP contribution >= 0.6 is 0 Å². The minimum absolute atomic E-state index is 0.105. The average molecular weight is 410 g/mol. The maximum atomic E-state index is 12.0. The van der Waals surface area contributed by atoms with Crippen LogP contribution in [-0.2, 0) is 19.0 Å². The lowest BCUT2D eigenvalue weighted by Crippen LogP contribution is -2.59. The molecule has 0 saturated carbocycles. The molecule has 2 fully saturated rings. The lowest BCUT2D eigenvalue weighted by molar-refractivity contribution is -0.308. The molecule has 8 atom stereocenters. The van der Waals surface area contributed by atoms with Gasteiger partial charge in [-0.3, -0.25) is 0 Å². The molecule has 0 amide bonds. The van der Waals surface area contributed by atoms with E-state index in [4.69, 9.17) is 14.2 Å². The highest BCUT2D eigenvalue weighted by atomic mass is 16.7. The normalized spacial score (nSPS) is 44.9. The van der Waals surface area contributed by atoms with Gasteiger partial charge in [0.1, 0.15) is 30.5 Å². The molecule has 3 aliphatic rings. The number of hydrogen-bond acceptors (Lipinski definition) is 8. The largest absolute Gasteiger partial charge is 0.454 e. The SMILES string of the molecule is C=C1C(=O)O[C@@H]2/C=C(\C)[C@H](O[C@@H]3O[C@H](CO)[C@@H](O)[C@H](O)[C@H]3O)C/C=C(\C)CC[C@@H]12. The maximum absolute atomic E-state index is 12.0. The van der Waals surface area contributed by atoms with Gasteiger partial charge >= 0.3 is 5.97 Å². The zero-order valence-corrected chi connectivity index (χ0v) is 16.7. The molecular formula is C21H30O8. The van der Waals surface area contributed by atoms with E-state index >= 15 is 0 Å². The van der Waals surface area contributed by atoms with Crippen molar-refractivity contribution in [2.75, 3.05) is 6.61 Å². The fourth-order valence-corrected chi connectivity index (χ4v) is 3.97. The van der Waals surface area contributed by atoms with Crippen molar-refractivity contribution < 1.29 is 39.4 Å². The third-order valence-electron chi connectivity index (χ3n) is 5.96. The number of esters is 1. The van der Waals surface area contributed by atoms with E-state index in [0.717, 1.165) is 24.0 Å². The van der Waals surface area contributed by atoms with E-state index in [1.807, 2.05) is 26.0 Å². The van der Waals surface area contributed by atoms with Crippen LogP contribution in [-0.4, -0.2) is 75.9 Å². The highest BCUT2D eigenvalue weighted by Gasteiger charge is 2.45. The Hall–Kier alpha value is -1.55. The van der Waals surface area contributed by atoms with E-state index in [-0.39, 0.29) is 5.92 Å². The fraction of sp³-hybridized carbons (Fsp3) is 0.667. The first-order valence-electron chi connectivity index (χ1n) is 9.92. The summed E-state index contributed by atoms with van der Waals surface area (Å²) in [5.74, 6) is -0.497. The van der Waals surface area contributed by atoms with Gasteiger partial charge in [0.25, 0.3) is 0 Å². The topological polar surface area (TPSA) is 126 Å². The number of hydrogen-bond donors (Lipinski definition) is 4. The van der Waals surface area contributed by atoms with Crippen LogP contribution in [0.4, 0.5) is 0 Å². The second-order valence-electron chi connectivity index (χ2n) is 8.06. The molecule has 0 aromatic heterocycles. The van der Waals surface area contributed by atoms with Crippen molar-refractivity contribution in [3.63, 3.8) is 0 Å². The zero-order chi connectivity index (χ0) is 21.3. The summed E-state index contributed by atoms with van der Waals surface area (Å²) < 4.78 is 16.9. The molecular weight excluding hydrogens is 380 g/mol. The second-order valence-corrected chi connectivity index (χ2v) is 8.06. The highest BCUT2D eigenvalue weighted by Crippen LogP contribution is 2.35. The minimum atomic E-state index is -1.50. The van der Waals surface area contributed by atoms with Gasteiger partial charge in [-0.1, -0.05) is 18.2 Å². The quantitative estimate of drug-likeness (QED) is 0.298. The van der Waals surface area contributed by atoms with E-state index in [1.54, 1.807) is 0 Å². The van der Waals surface area contributed by atoms with Gasteiger partial charge in [-0.2, -0.15) is 0 Å². The molecule has 0 aromatic rings. The summed E-state index contributed by atoms with van der Waals surface area (Å²) >= 11 is 0. The molecule has 3 rings (SSSR count). The molecule has 0 aromatic carbocycles. The summed E-state index contributed by atoms with van der Waals surface area (Å²) in [5, 5.41) is 39.6. The van der Waals surface area contributed by atoms with Gasteiger partial charge in [-0.15, -0.1) is 0 Å². The Balaban J connectivity index is 1.83. The first-order valence-corrected chi connectivity index (χ1v) is 9.92. The predicted octanol–water partition coefficient (Wildman–Crippen LogP) is 0.346. The molecule has 8 heteroatoms. The number of allylic oxidation sites excluding steroid dienone is 1. The Morgan fingerprint density at radius 3 is 2.62 bits per heavy atom. The Labute approximate surface area is 170 Å². The smallest absolute Gasteiger partial charge is 0.334 e. The summed E-state index contributed by atoms with van der Waals surface area (Å²) in [5.41, 5.74) is 2.39. The van der Waals surface area contributed by atoms with Crippen LogP contribution in [0.2, 0.25) is 0 Å². The minimum Gasteiger partial charge on any atom is -0.454 e. The summed E-state index contributed by atoms with van der Waals surface area (Å²) in [6, 6.07) is 0. The van der Waals surface area contributed by atoms with Crippen molar-refractivity contribution >= 4 is 5.97 Å². The van der Waals surface area contributed by atoms with Crippen LogP contribution < -0.4 is 0 Å². The molecule has 2 heterocycles. The summed E-state index contributed by atoms with van der Waals surface area (Å²) in [7, 11) is 0. The van der Waals surface area contributed by atoms with Gasteiger partial charge < -0.3 is 34.6 Å². The van der Waals surface area contributed by atoms with Crippen molar-refractivity contribution in [2.45, 2.75) is 76.0 Å². The van der Waals surface area contributed by atoms with E-state index < -0.39 is 55.5 Å². The highest BCUT2D eigenvalue weighted by molar-refractivity contribution is 5.91. The van der Waals surface area contributed by atoms with Gasteiger partial charge in [0.2, 0.25) is 0 Å².